The molecular formula is C14H27N2O2PS2. The van der Waals surface area contributed by atoms with E-state index in [4.69, 9.17) is 14.3 Å². The van der Waals surface area contributed by atoms with Crippen molar-refractivity contribution in [1.82, 2.24) is 4.67 Å². The van der Waals surface area contributed by atoms with Gasteiger partial charge in [-0.2, -0.15) is 5.26 Å². The van der Waals surface area contributed by atoms with Gasteiger partial charge in [-0.15, -0.1) is 0 Å². The molecule has 0 aromatic rings. The van der Waals surface area contributed by atoms with Crippen LogP contribution in [0.15, 0.2) is 0 Å². The van der Waals surface area contributed by atoms with Crippen LogP contribution in [0, 0.1) is 11.3 Å². The normalized spacial score (nSPS) is 24.0. The summed E-state index contributed by atoms with van der Waals surface area (Å²) in [5.74, 6) is 1.02. The zero-order valence-electron chi connectivity index (χ0n) is 13.6. The van der Waals surface area contributed by atoms with Gasteiger partial charge in [-0.05, 0) is 34.1 Å². The number of hydrogen-bond donors (Lipinski definition) is 0. The van der Waals surface area contributed by atoms with Gasteiger partial charge >= 0.3 is 0 Å². The first-order chi connectivity index (χ1) is 10.0. The molecule has 21 heavy (non-hydrogen) atoms. The van der Waals surface area contributed by atoms with Gasteiger partial charge in [0.15, 0.2) is 0 Å². The molecule has 4 nitrogen and oxygen atoms in total. The van der Waals surface area contributed by atoms with E-state index in [1.165, 1.54) is 0 Å². The quantitative estimate of drug-likeness (QED) is 0.337. The van der Waals surface area contributed by atoms with Gasteiger partial charge in [-0.1, -0.05) is 28.5 Å². The van der Waals surface area contributed by atoms with Crippen molar-refractivity contribution in [2.75, 3.05) is 12.4 Å². The summed E-state index contributed by atoms with van der Waals surface area (Å²) in [4.78, 5) is 0. The summed E-state index contributed by atoms with van der Waals surface area (Å²) >= 11 is 0. The van der Waals surface area contributed by atoms with Crippen LogP contribution >= 0.6 is 30.1 Å². The van der Waals surface area contributed by atoms with Crippen LogP contribution in [-0.4, -0.2) is 40.5 Å². The molecule has 1 aliphatic heterocycles. The van der Waals surface area contributed by atoms with Crippen LogP contribution in [0.5, 0.6) is 0 Å². The molecule has 0 spiro atoms. The van der Waals surface area contributed by atoms with Crippen LogP contribution < -0.4 is 0 Å². The van der Waals surface area contributed by atoms with E-state index in [0.717, 1.165) is 12.2 Å². The zero-order chi connectivity index (χ0) is 15.8. The summed E-state index contributed by atoms with van der Waals surface area (Å²) in [6.07, 6.45) is 1.78. The van der Waals surface area contributed by atoms with Gasteiger partial charge < -0.3 is 9.05 Å². The summed E-state index contributed by atoms with van der Waals surface area (Å²) in [5, 5.41) is 9.26. The fraction of sp³-hybridized carbons (Fsp3) is 0.929. The first-order valence-corrected chi connectivity index (χ1v) is 11.1. The van der Waals surface area contributed by atoms with Crippen molar-refractivity contribution in [3.05, 3.63) is 0 Å². The summed E-state index contributed by atoms with van der Waals surface area (Å²) in [6.45, 7) is 11.3. The fourth-order valence-corrected chi connectivity index (χ4v) is 7.31. The minimum absolute atomic E-state index is 0.248. The molecule has 7 heteroatoms. The van der Waals surface area contributed by atoms with Crippen LogP contribution in [0.4, 0.5) is 0 Å². The molecule has 1 aliphatic rings. The van der Waals surface area contributed by atoms with Gasteiger partial charge in [-0.3, -0.25) is 0 Å². The lowest BCUT2D eigenvalue weighted by Crippen LogP contribution is -2.36. The molecule has 0 aliphatic carbocycles. The van der Waals surface area contributed by atoms with Gasteiger partial charge in [-0.25, -0.2) is 4.67 Å². The second-order valence-corrected chi connectivity index (χ2v) is 9.58. The molecule has 0 aromatic heterocycles. The number of hydrogen-bond acceptors (Lipinski definition) is 6. The second-order valence-electron chi connectivity index (χ2n) is 5.52. The monoisotopic (exact) mass is 350 g/mol. The van der Waals surface area contributed by atoms with Gasteiger partial charge in [0.05, 0.1) is 25.2 Å². The smallest absolute Gasteiger partial charge is 0.259 e. The SMILES string of the molecule is CCC1SSCC1OP(OCCC#N)N(C(C)C)C(C)C. The summed E-state index contributed by atoms with van der Waals surface area (Å²) in [6, 6.07) is 2.86. The highest BCUT2D eigenvalue weighted by atomic mass is 33.1. The fourth-order valence-electron chi connectivity index (χ4n) is 2.20. The van der Waals surface area contributed by atoms with Crippen molar-refractivity contribution in [1.29, 1.82) is 5.26 Å². The van der Waals surface area contributed by atoms with E-state index in [1.54, 1.807) is 0 Å². The summed E-state index contributed by atoms with van der Waals surface area (Å²) in [7, 11) is 2.71. The number of rotatable bonds is 9. The van der Waals surface area contributed by atoms with Crippen LogP contribution in [0.2, 0.25) is 0 Å². The lowest BCUT2D eigenvalue weighted by atomic mass is 10.2. The molecule has 1 fully saturated rings. The van der Waals surface area contributed by atoms with Crippen molar-refractivity contribution in [3.8, 4) is 6.07 Å². The third-order valence-electron chi connectivity index (χ3n) is 3.13. The lowest BCUT2D eigenvalue weighted by molar-refractivity contribution is 0.142. The Kier molecular flexibility index (Phi) is 9.59. The molecule has 0 radical (unpaired) electrons. The highest BCUT2D eigenvalue weighted by Crippen LogP contribution is 2.51. The first-order valence-electron chi connectivity index (χ1n) is 7.54. The van der Waals surface area contributed by atoms with Crippen LogP contribution in [-0.2, 0) is 9.05 Å². The van der Waals surface area contributed by atoms with E-state index in [1.807, 2.05) is 21.6 Å². The Bertz CT molecular complexity index is 331. The van der Waals surface area contributed by atoms with Gasteiger partial charge in [0.1, 0.15) is 0 Å². The third kappa shape index (κ3) is 6.25. The molecular weight excluding hydrogens is 323 g/mol. The summed E-state index contributed by atoms with van der Waals surface area (Å²) < 4.78 is 14.6. The lowest BCUT2D eigenvalue weighted by Gasteiger charge is -2.37. The van der Waals surface area contributed by atoms with Gasteiger partial charge in [0.25, 0.3) is 8.53 Å². The predicted octanol–water partition coefficient (Wildman–Crippen LogP) is 4.82. The molecule has 1 rings (SSSR count). The first kappa shape index (κ1) is 19.5. The molecule has 1 saturated heterocycles. The van der Waals surface area contributed by atoms with Gasteiger partial charge in [0, 0.05) is 23.1 Å². The number of nitriles is 1. The molecule has 3 atom stereocenters. The van der Waals surface area contributed by atoms with Crippen molar-refractivity contribution >= 4 is 30.1 Å². The van der Waals surface area contributed by atoms with Crippen LogP contribution in [0.1, 0.15) is 47.5 Å². The molecule has 0 bridgehead atoms. The Morgan fingerprint density at radius 2 is 2.00 bits per heavy atom. The molecule has 0 N–H and O–H groups in total. The average Bonchev–Trinajstić information content (AvgIpc) is 2.85. The Morgan fingerprint density at radius 3 is 2.52 bits per heavy atom. The van der Waals surface area contributed by atoms with E-state index in [-0.39, 0.29) is 6.10 Å². The Hall–Kier alpha value is 0.500. The minimum Gasteiger partial charge on any atom is -0.321 e. The van der Waals surface area contributed by atoms with E-state index < -0.39 is 8.53 Å². The maximum Gasteiger partial charge on any atom is 0.259 e. The molecule has 1 heterocycles. The molecule has 0 amide bonds. The predicted molar refractivity (Wildman–Crippen MR) is 94.2 cm³/mol. The largest absolute Gasteiger partial charge is 0.321 e. The van der Waals surface area contributed by atoms with Crippen molar-refractivity contribution < 1.29 is 9.05 Å². The van der Waals surface area contributed by atoms with Crippen LogP contribution in [0.3, 0.4) is 0 Å². The molecule has 0 saturated carbocycles. The summed E-state index contributed by atoms with van der Waals surface area (Å²) in [5.41, 5.74) is 0. The molecule has 122 valence electrons. The van der Waals surface area contributed by atoms with Crippen LogP contribution in [0.25, 0.3) is 0 Å². The third-order valence-corrected chi connectivity index (χ3v) is 8.33. The zero-order valence-corrected chi connectivity index (χ0v) is 16.1. The van der Waals surface area contributed by atoms with E-state index in [9.17, 15) is 0 Å². The van der Waals surface area contributed by atoms with Gasteiger partial charge in [0.2, 0.25) is 0 Å². The van der Waals surface area contributed by atoms with Crippen molar-refractivity contribution in [2.24, 2.45) is 0 Å². The minimum atomic E-state index is -1.10. The second kappa shape index (κ2) is 10.3. The number of nitrogens with zero attached hydrogens (tertiary/aromatic N) is 2. The Balaban J connectivity index is 2.73. The standard InChI is InChI=1S/C14H27N2O2PS2/c1-6-14-13(10-20-21-14)18-19(17-9-7-8-15)16(11(2)3)12(4)5/h11-14H,6-7,9-10H2,1-5H3. The average molecular weight is 350 g/mol. The maximum atomic E-state index is 8.72. The van der Waals surface area contributed by atoms with E-state index in [0.29, 0.717) is 30.4 Å². The maximum absolute atomic E-state index is 8.72. The van der Waals surface area contributed by atoms with E-state index >= 15 is 0 Å². The Morgan fingerprint density at radius 1 is 1.33 bits per heavy atom. The Labute approximate surface area is 138 Å². The van der Waals surface area contributed by atoms with E-state index in [2.05, 4.69) is 45.4 Å². The van der Waals surface area contributed by atoms with Crippen molar-refractivity contribution in [2.45, 2.75) is 70.9 Å². The highest BCUT2D eigenvalue weighted by molar-refractivity contribution is 8.77. The topological polar surface area (TPSA) is 45.5 Å². The molecule has 3 unspecified atom stereocenters. The highest BCUT2D eigenvalue weighted by Gasteiger charge is 2.35. The van der Waals surface area contributed by atoms with Crippen molar-refractivity contribution in [3.63, 3.8) is 0 Å². The molecule has 0 aromatic carbocycles.